The predicted molar refractivity (Wildman–Crippen MR) is 262 cm³/mol. The first-order valence-corrected chi connectivity index (χ1v) is 25.4. The molecule has 0 aromatic carbocycles. The fourth-order valence-electron chi connectivity index (χ4n) is 8.96. The summed E-state index contributed by atoms with van der Waals surface area (Å²) in [5.74, 6) is -3.63. The Hall–Kier alpha value is -3.42. The summed E-state index contributed by atoms with van der Waals surface area (Å²) >= 11 is 0. The molecule has 15 atom stereocenters. The number of rotatable bonds is 26. The number of oxazole rings is 1. The summed E-state index contributed by atoms with van der Waals surface area (Å²) in [6, 6.07) is 1.40. The highest BCUT2D eigenvalue weighted by atomic mass is 31.2. The van der Waals surface area contributed by atoms with Crippen LogP contribution in [-0.4, -0.2) is 159 Å². The summed E-state index contributed by atoms with van der Waals surface area (Å²) in [6.45, 7) is 16.6. The number of methoxy groups -OCH3 is 2. The van der Waals surface area contributed by atoms with Crippen molar-refractivity contribution in [3.8, 4) is 6.07 Å². The zero-order chi connectivity index (χ0) is 52.9. The molecule has 3 rings (SSSR count). The maximum absolute atomic E-state index is 12.6. The summed E-state index contributed by atoms with van der Waals surface area (Å²) in [5, 5.41) is 67.1. The first-order chi connectivity index (χ1) is 32.6. The number of allylic oxidation sites excluding steroid dienone is 7. The summed E-state index contributed by atoms with van der Waals surface area (Å²) in [5.41, 5.74) is 1.87. The molecule has 2 fully saturated rings. The number of nitrogens with zero attached hydrogens (tertiary/aromatic N) is 3. The average Bonchev–Trinajstić information content (AvgIpc) is 3.84. The summed E-state index contributed by atoms with van der Waals surface area (Å²) < 4.78 is 48.2. The first-order valence-electron chi connectivity index (χ1n) is 23.8. The van der Waals surface area contributed by atoms with Crippen LogP contribution in [0.5, 0.6) is 0 Å². The fourth-order valence-corrected chi connectivity index (χ4v) is 9.64. The number of aromatic nitrogens is 1. The maximum atomic E-state index is 12.6. The van der Waals surface area contributed by atoms with E-state index in [-0.39, 0.29) is 44.2 Å². The highest BCUT2D eigenvalue weighted by Gasteiger charge is 2.68. The molecule has 1 spiro atoms. The molecule has 15 unspecified atom stereocenters. The summed E-state index contributed by atoms with van der Waals surface area (Å²) in [4.78, 5) is 39.2. The second-order valence-corrected chi connectivity index (χ2v) is 21.1. The lowest BCUT2D eigenvalue weighted by Crippen LogP contribution is -2.58. The molecule has 1 amide bonds. The minimum absolute atomic E-state index is 0.0645. The van der Waals surface area contributed by atoms with Gasteiger partial charge in [0.15, 0.2) is 17.8 Å². The maximum Gasteiger partial charge on any atom is 0.469 e. The Morgan fingerprint density at radius 3 is 2.36 bits per heavy atom. The van der Waals surface area contributed by atoms with Crippen LogP contribution in [0.15, 0.2) is 63.9 Å². The minimum Gasteiger partial charge on any atom is -0.448 e. The number of phosphoric ester groups is 1. The van der Waals surface area contributed by atoms with Crippen molar-refractivity contribution < 1.29 is 72.6 Å². The number of ether oxygens (including phenoxy) is 4. The Morgan fingerprint density at radius 2 is 1.76 bits per heavy atom. The van der Waals surface area contributed by atoms with Gasteiger partial charge in [0.25, 0.3) is 5.91 Å². The van der Waals surface area contributed by atoms with E-state index in [1.807, 2.05) is 78.0 Å². The lowest BCUT2D eigenvalue weighted by atomic mass is 9.72. The van der Waals surface area contributed by atoms with Crippen LogP contribution in [0, 0.1) is 34.5 Å². The molecular formula is C50H81N4O15P. The van der Waals surface area contributed by atoms with Gasteiger partial charge in [-0.15, -0.1) is 0 Å². The Labute approximate surface area is 414 Å². The van der Waals surface area contributed by atoms with E-state index in [4.69, 9.17) is 33.2 Å². The van der Waals surface area contributed by atoms with E-state index in [9.17, 15) is 44.7 Å². The average molecular weight is 1010 g/mol. The van der Waals surface area contributed by atoms with Crippen LogP contribution in [0.3, 0.4) is 0 Å². The summed E-state index contributed by atoms with van der Waals surface area (Å²) in [6.07, 6.45) is 4.10. The molecule has 0 bridgehead atoms. The molecule has 0 saturated carbocycles. The van der Waals surface area contributed by atoms with Crippen LogP contribution in [0.2, 0.25) is 0 Å². The van der Waals surface area contributed by atoms with E-state index < -0.39 is 97.7 Å². The van der Waals surface area contributed by atoms with Gasteiger partial charge < -0.3 is 68.9 Å². The monoisotopic (exact) mass is 1010 g/mol. The van der Waals surface area contributed by atoms with Gasteiger partial charge in [0.05, 0.1) is 49.2 Å². The number of aliphatic hydroxyl groups is 5. The molecule has 3 heterocycles. The number of nitriles is 1. The van der Waals surface area contributed by atoms with E-state index in [2.05, 4.69) is 10.3 Å². The van der Waals surface area contributed by atoms with E-state index in [1.54, 1.807) is 45.8 Å². The van der Waals surface area contributed by atoms with E-state index >= 15 is 0 Å². The Bertz CT molecular complexity index is 2080. The predicted octanol–water partition coefficient (Wildman–Crippen LogP) is 4.69. The van der Waals surface area contributed by atoms with Gasteiger partial charge in [0.2, 0.25) is 0 Å². The van der Waals surface area contributed by atoms with Crippen molar-refractivity contribution in [1.82, 2.24) is 15.2 Å². The van der Waals surface area contributed by atoms with Gasteiger partial charge in [-0.3, -0.25) is 9.32 Å². The molecule has 396 valence electrons. The van der Waals surface area contributed by atoms with E-state index in [0.29, 0.717) is 18.0 Å². The molecule has 1 aromatic heterocycles. The van der Waals surface area contributed by atoms with Gasteiger partial charge in [0, 0.05) is 68.8 Å². The van der Waals surface area contributed by atoms with Gasteiger partial charge in [-0.05, 0) is 64.9 Å². The Kier molecular flexibility index (Phi) is 23.5. The van der Waals surface area contributed by atoms with Crippen LogP contribution >= 0.6 is 7.82 Å². The molecule has 70 heavy (non-hydrogen) atoms. The van der Waals surface area contributed by atoms with Crippen LogP contribution in [0.4, 0.5) is 0 Å². The van der Waals surface area contributed by atoms with Crippen LogP contribution < -0.4 is 5.32 Å². The number of carbonyl (C=O) groups is 1. The second-order valence-electron chi connectivity index (χ2n) is 19.9. The molecule has 2 aliphatic heterocycles. The lowest BCUT2D eigenvalue weighted by molar-refractivity contribution is -0.334. The number of aliphatic hydroxyl groups excluding tert-OH is 5. The van der Waals surface area contributed by atoms with Gasteiger partial charge in [-0.1, -0.05) is 77.5 Å². The Morgan fingerprint density at radius 1 is 1.09 bits per heavy atom. The lowest BCUT2D eigenvalue weighted by Gasteiger charge is -2.50. The number of phosphoric acid groups is 1. The second kappa shape index (κ2) is 27.0. The SMILES string of the molecule is COCC(C(O)C(O)C(=O)NCCC(C)c1nc(C=CCC2OC3(CC(O)C2C)OC(C(CC(O)C(C)C(O)C(C)C=C(C)C(C)=C/C=C/C(C)=CC#N)OC)C(OP(=O)(O)O)C3(C)C)co1)N(C)C. The molecule has 8 N–H and O–H groups in total. The molecule has 20 heteroatoms. The number of nitrogens with one attached hydrogen (secondary N) is 1. The highest BCUT2D eigenvalue weighted by molar-refractivity contribution is 7.46. The molecule has 19 nitrogen and oxygen atoms in total. The normalized spacial score (nSPS) is 27.6. The minimum atomic E-state index is -5.15. The van der Waals surface area contributed by atoms with Crippen LogP contribution in [0.1, 0.15) is 105 Å². The molecule has 0 aliphatic carbocycles. The standard InChI is InChI=1S/C50H81N4O15P/c1-29(20-22-51)16-14-17-30(2)32(4)24-33(5)42(57)35(7)38(55)25-41(65-13)45-46(69-70(61,62)63)49(8,9)50(68-45)26-39(56)34(6)40(67-50)19-15-18-36-27-66-48(53-36)31(3)21-23-52-47(60)44(59)43(58)37(28-64-12)54(10)11/h14-18,20,24,27,31,33-35,37-46,55-59H,19,21,23,25-26,28H2,1-13H3,(H,52,60)(H2,61,62,63)/b16-14+,18-15?,29-20?,30-17?,32-24?. The van der Waals surface area contributed by atoms with Crippen molar-refractivity contribution in [2.24, 2.45) is 23.2 Å². The third-order valence-corrected chi connectivity index (χ3v) is 14.5. The zero-order valence-electron chi connectivity index (χ0n) is 43.1. The fraction of sp³-hybridized carbons (Fsp3) is 0.700. The number of hydrogen-bond donors (Lipinski definition) is 8. The molecule has 0 radical (unpaired) electrons. The number of amides is 1. The Balaban J connectivity index is 1.74. The smallest absolute Gasteiger partial charge is 0.448 e. The van der Waals surface area contributed by atoms with Crippen molar-refractivity contribution in [3.63, 3.8) is 0 Å². The van der Waals surface area contributed by atoms with Crippen LogP contribution in [-0.2, 0) is 32.8 Å². The van der Waals surface area contributed by atoms with E-state index in [0.717, 1.165) is 16.7 Å². The third kappa shape index (κ3) is 16.3. The van der Waals surface area contributed by atoms with Crippen molar-refractivity contribution in [1.29, 1.82) is 5.26 Å². The summed E-state index contributed by atoms with van der Waals surface area (Å²) in [7, 11) is 1.12. The van der Waals surface area contributed by atoms with Crippen molar-refractivity contribution in [2.45, 2.75) is 161 Å². The first kappa shape index (κ1) is 60.9. The number of carbonyl (C=O) groups excluding carboxylic acids is 1. The topological polar surface area (TPSA) is 287 Å². The largest absolute Gasteiger partial charge is 0.469 e. The number of hydrogen-bond acceptors (Lipinski definition) is 16. The molecule has 2 aliphatic rings. The zero-order valence-corrected chi connectivity index (χ0v) is 44.0. The van der Waals surface area contributed by atoms with Crippen LogP contribution in [0.25, 0.3) is 6.08 Å². The van der Waals surface area contributed by atoms with Gasteiger partial charge in [-0.2, -0.15) is 5.26 Å². The molecular weight excluding hydrogens is 928 g/mol. The van der Waals surface area contributed by atoms with Gasteiger partial charge in [-0.25, -0.2) is 9.55 Å². The molecule has 2 saturated heterocycles. The third-order valence-electron chi connectivity index (χ3n) is 14.0. The van der Waals surface area contributed by atoms with Gasteiger partial charge >= 0.3 is 7.82 Å². The quantitative estimate of drug-likeness (QED) is 0.0355. The molecule has 1 aromatic rings. The van der Waals surface area contributed by atoms with Crippen molar-refractivity contribution >= 4 is 19.8 Å². The highest BCUT2D eigenvalue weighted by Crippen LogP contribution is 2.59. The van der Waals surface area contributed by atoms with E-state index in [1.165, 1.54) is 26.6 Å². The number of likely N-dealkylation sites (N-methyl/N-ethyl adjacent to an activating group) is 1. The van der Waals surface area contributed by atoms with Gasteiger partial charge in [0.1, 0.15) is 30.3 Å². The van der Waals surface area contributed by atoms with Crippen molar-refractivity contribution in [3.05, 3.63) is 71.0 Å². The van der Waals surface area contributed by atoms with Crippen molar-refractivity contribution in [2.75, 3.05) is 41.5 Å².